The van der Waals surface area contributed by atoms with Crippen molar-refractivity contribution in [3.05, 3.63) is 88.7 Å². The van der Waals surface area contributed by atoms with E-state index in [9.17, 15) is 4.79 Å². The zero-order valence-corrected chi connectivity index (χ0v) is 23.2. The van der Waals surface area contributed by atoms with E-state index in [1.54, 1.807) is 18.9 Å². The summed E-state index contributed by atoms with van der Waals surface area (Å²) in [7, 11) is 1.70. The molecule has 3 aromatic carbocycles. The Kier molecular flexibility index (Phi) is 7.39. The zero-order chi connectivity index (χ0) is 26.8. The van der Waals surface area contributed by atoms with Gasteiger partial charge in [-0.15, -0.1) is 11.8 Å². The highest BCUT2D eigenvalue weighted by Crippen LogP contribution is 2.32. The van der Waals surface area contributed by atoms with Crippen molar-refractivity contribution in [2.24, 2.45) is 0 Å². The number of anilines is 1. The third-order valence-electron chi connectivity index (χ3n) is 7.52. The first-order valence-corrected chi connectivity index (χ1v) is 14.5. The lowest BCUT2D eigenvalue weighted by Gasteiger charge is -2.36. The van der Waals surface area contributed by atoms with Gasteiger partial charge in [0.15, 0.2) is 17.6 Å². The van der Waals surface area contributed by atoms with Crippen LogP contribution in [-0.2, 0) is 13.1 Å². The van der Waals surface area contributed by atoms with Crippen molar-refractivity contribution < 1.29 is 14.2 Å². The van der Waals surface area contributed by atoms with E-state index in [1.165, 1.54) is 5.69 Å². The highest BCUT2D eigenvalue weighted by Gasteiger charge is 2.24. The Morgan fingerprint density at radius 3 is 2.56 bits per heavy atom. The molecule has 3 heterocycles. The van der Waals surface area contributed by atoms with Crippen LogP contribution in [0.15, 0.2) is 82.5 Å². The van der Waals surface area contributed by atoms with E-state index < -0.39 is 0 Å². The molecule has 0 bridgehead atoms. The third kappa shape index (κ3) is 5.44. The van der Waals surface area contributed by atoms with E-state index in [4.69, 9.17) is 14.2 Å². The first-order chi connectivity index (χ1) is 19.1. The summed E-state index contributed by atoms with van der Waals surface area (Å²) in [5.41, 5.74) is 2.95. The number of pyridine rings is 1. The molecule has 0 saturated carbocycles. The summed E-state index contributed by atoms with van der Waals surface area (Å²) in [5.74, 6) is 2.34. The smallest absolute Gasteiger partial charge is 0.255 e. The fourth-order valence-electron chi connectivity index (χ4n) is 5.40. The predicted octanol–water partition coefficient (Wildman–Crippen LogP) is 4.89. The summed E-state index contributed by atoms with van der Waals surface area (Å²) < 4.78 is 19.5. The van der Waals surface area contributed by atoms with Crippen molar-refractivity contribution >= 4 is 28.4 Å². The molecule has 4 aromatic rings. The van der Waals surface area contributed by atoms with Gasteiger partial charge in [-0.05, 0) is 54.1 Å². The number of piperazine rings is 1. The van der Waals surface area contributed by atoms with Crippen molar-refractivity contribution in [3.63, 3.8) is 0 Å². The second-order valence-electron chi connectivity index (χ2n) is 9.97. The lowest BCUT2D eigenvalue weighted by atomic mass is 10.1. The largest absolute Gasteiger partial charge is 0.497 e. The average molecular weight is 544 g/mol. The lowest BCUT2D eigenvalue weighted by Crippen LogP contribution is -2.46. The SMILES string of the molecule is COc1cccc(N2CCN(Cc3cc4ccc(SC)cc4n(C[C@H]4COc5ccccc5O4)c3=O)CC2)c1. The Bertz CT molecular complexity index is 1530. The average Bonchev–Trinajstić information content (AvgIpc) is 2.99. The van der Waals surface area contributed by atoms with Gasteiger partial charge in [0.2, 0.25) is 0 Å². The molecule has 0 radical (unpaired) electrons. The van der Waals surface area contributed by atoms with Gasteiger partial charge in [0, 0.05) is 54.9 Å². The molecule has 1 aromatic heterocycles. The van der Waals surface area contributed by atoms with E-state index >= 15 is 0 Å². The molecule has 2 aliphatic heterocycles. The summed E-state index contributed by atoms with van der Waals surface area (Å²) >= 11 is 1.68. The van der Waals surface area contributed by atoms with Crippen LogP contribution in [0.2, 0.25) is 0 Å². The standard InChI is InChI=1S/C31H33N3O4S/c1-36-25-7-5-6-24(17-25)33-14-12-32(13-15-33)19-23-16-22-10-11-27(39-2)18-28(22)34(31(23)35)20-26-21-37-29-8-3-4-9-30(29)38-26/h3-11,16-18,26H,12-15,19-21H2,1-2H3/t26-/m0/s1. The van der Waals surface area contributed by atoms with Crippen molar-refractivity contribution in [1.82, 2.24) is 9.47 Å². The Morgan fingerprint density at radius 2 is 1.77 bits per heavy atom. The molecule has 6 rings (SSSR count). The van der Waals surface area contributed by atoms with Crippen molar-refractivity contribution in [2.45, 2.75) is 24.1 Å². The number of aromatic nitrogens is 1. The molecule has 1 fully saturated rings. The summed E-state index contributed by atoms with van der Waals surface area (Å²) in [6, 6.07) is 24.3. The maximum atomic E-state index is 13.9. The van der Waals surface area contributed by atoms with Crippen molar-refractivity contribution in [2.75, 3.05) is 51.1 Å². The van der Waals surface area contributed by atoms with Crippen LogP contribution in [0.5, 0.6) is 17.2 Å². The van der Waals surface area contributed by atoms with Crippen LogP contribution in [0, 0.1) is 0 Å². The Balaban J connectivity index is 1.24. The quantitative estimate of drug-likeness (QED) is 0.308. The molecule has 0 aliphatic carbocycles. The number of para-hydroxylation sites is 2. The molecule has 0 unspecified atom stereocenters. The van der Waals surface area contributed by atoms with Gasteiger partial charge in [-0.3, -0.25) is 9.69 Å². The minimum absolute atomic E-state index is 0.0402. The number of hydrogen-bond donors (Lipinski definition) is 0. The number of nitrogens with zero attached hydrogens (tertiary/aromatic N) is 3. The molecule has 0 spiro atoms. The number of ether oxygens (including phenoxy) is 3. The number of hydrogen-bond acceptors (Lipinski definition) is 7. The summed E-state index contributed by atoms with van der Waals surface area (Å²) in [6.07, 6.45) is 1.80. The van der Waals surface area contributed by atoms with E-state index in [2.05, 4.69) is 52.5 Å². The second-order valence-corrected chi connectivity index (χ2v) is 10.9. The van der Waals surface area contributed by atoms with Crippen LogP contribution < -0.4 is 24.7 Å². The number of fused-ring (bicyclic) bond motifs is 2. The fourth-order valence-corrected chi connectivity index (χ4v) is 5.84. The molecule has 1 saturated heterocycles. The topological polar surface area (TPSA) is 56.2 Å². The molecule has 8 heteroatoms. The Labute approximate surface area is 232 Å². The second kappa shape index (κ2) is 11.2. The van der Waals surface area contributed by atoms with Gasteiger partial charge in [0.25, 0.3) is 5.56 Å². The summed E-state index contributed by atoms with van der Waals surface area (Å²) in [4.78, 5) is 19.8. The lowest BCUT2D eigenvalue weighted by molar-refractivity contribution is 0.0786. The Hall–Kier alpha value is -3.62. The minimum Gasteiger partial charge on any atom is -0.497 e. The molecule has 1 atom stereocenters. The van der Waals surface area contributed by atoms with Gasteiger partial charge in [-0.25, -0.2) is 0 Å². The van der Waals surface area contributed by atoms with E-state index in [0.29, 0.717) is 19.7 Å². The predicted molar refractivity (Wildman–Crippen MR) is 157 cm³/mol. The van der Waals surface area contributed by atoms with Crippen molar-refractivity contribution in [1.29, 1.82) is 0 Å². The monoisotopic (exact) mass is 543 g/mol. The molecule has 0 amide bonds. The van der Waals surface area contributed by atoms with Gasteiger partial charge in [-0.1, -0.05) is 24.3 Å². The number of thioether (sulfide) groups is 1. The first-order valence-electron chi connectivity index (χ1n) is 13.3. The highest BCUT2D eigenvalue weighted by atomic mass is 32.2. The van der Waals surface area contributed by atoms with E-state index in [1.807, 2.05) is 41.0 Å². The minimum atomic E-state index is -0.250. The van der Waals surface area contributed by atoms with Crippen LogP contribution in [-0.4, -0.2) is 61.7 Å². The Morgan fingerprint density at radius 1 is 0.949 bits per heavy atom. The normalized spacial score (nSPS) is 17.4. The highest BCUT2D eigenvalue weighted by molar-refractivity contribution is 7.98. The van der Waals surface area contributed by atoms with Crippen LogP contribution in [0.4, 0.5) is 5.69 Å². The summed E-state index contributed by atoms with van der Waals surface area (Å²) in [6.45, 7) is 5.03. The number of methoxy groups -OCH3 is 1. The third-order valence-corrected chi connectivity index (χ3v) is 8.24. The van der Waals surface area contributed by atoms with Gasteiger partial charge < -0.3 is 23.7 Å². The molecule has 39 heavy (non-hydrogen) atoms. The number of rotatable bonds is 7. The maximum Gasteiger partial charge on any atom is 0.255 e. The van der Waals surface area contributed by atoms with E-state index in [0.717, 1.165) is 64.8 Å². The zero-order valence-electron chi connectivity index (χ0n) is 22.3. The van der Waals surface area contributed by atoms with Crippen LogP contribution in [0.3, 0.4) is 0 Å². The molecule has 0 N–H and O–H groups in total. The van der Waals surface area contributed by atoms with E-state index in [-0.39, 0.29) is 11.7 Å². The van der Waals surface area contributed by atoms with Crippen molar-refractivity contribution in [3.8, 4) is 17.2 Å². The molecular weight excluding hydrogens is 510 g/mol. The van der Waals surface area contributed by atoms with Gasteiger partial charge in [0.1, 0.15) is 12.4 Å². The first kappa shape index (κ1) is 25.6. The van der Waals surface area contributed by atoms with Crippen LogP contribution in [0.25, 0.3) is 10.9 Å². The van der Waals surface area contributed by atoms with Crippen LogP contribution in [0.1, 0.15) is 5.56 Å². The maximum absolute atomic E-state index is 13.9. The molecule has 7 nitrogen and oxygen atoms in total. The summed E-state index contributed by atoms with van der Waals surface area (Å²) in [5, 5.41) is 1.06. The van der Waals surface area contributed by atoms with Gasteiger partial charge >= 0.3 is 0 Å². The van der Waals surface area contributed by atoms with Gasteiger partial charge in [0.05, 0.1) is 19.2 Å². The fraction of sp³-hybridized carbons (Fsp3) is 0.323. The molecule has 2 aliphatic rings. The molecular formula is C31H33N3O4S. The molecule has 202 valence electrons. The van der Waals surface area contributed by atoms with Crippen LogP contribution >= 0.6 is 11.8 Å². The number of benzene rings is 3. The van der Waals surface area contributed by atoms with Gasteiger partial charge in [-0.2, -0.15) is 0 Å².